The number of nitro groups is 1. The molecule has 2 aromatic rings. The van der Waals surface area contributed by atoms with Gasteiger partial charge in [0.25, 0.3) is 11.6 Å². The van der Waals surface area contributed by atoms with Gasteiger partial charge in [0.1, 0.15) is 6.54 Å². The molecule has 11 heteroatoms. The Balaban J connectivity index is 1.96. The largest absolute Gasteiger partial charge is 0.406 e. The van der Waals surface area contributed by atoms with Crippen molar-refractivity contribution in [2.45, 2.75) is 25.6 Å². The zero-order valence-corrected chi connectivity index (χ0v) is 16.9. The minimum atomic E-state index is -4.66. The van der Waals surface area contributed by atoms with E-state index in [0.29, 0.717) is 15.5 Å². The van der Waals surface area contributed by atoms with E-state index in [4.69, 9.17) is 11.6 Å². The lowest BCUT2D eigenvalue weighted by atomic mass is 10.1. The summed E-state index contributed by atoms with van der Waals surface area (Å²) >= 11 is 5.75. The van der Waals surface area contributed by atoms with Crippen LogP contribution >= 0.6 is 11.6 Å². The molecule has 0 radical (unpaired) electrons. The fourth-order valence-electron chi connectivity index (χ4n) is 2.78. The number of hydrogen-bond acceptors (Lipinski definition) is 4. The topological polar surface area (TPSA) is 92.6 Å². The summed E-state index contributed by atoms with van der Waals surface area (Å²) in [6.45, 7) is -2.01. The number of halogens is 4. The second kappa shape index (κ2) is 10.8. The summed E-state index contributed by atoms with van der Waals surface area (Å²) in [6, 6.07) is 11.4. The van der Waals surface area contributed by atoms with Gasteiger partial charge in [-0.1, -0.05) is 29.8 Å². The summed E-state index contributed by atoms with van der Waals surface area (Å²) in [5.41, 5.74) is -0.00958. The number of rotatable bonds is 9. The first kappa shape index (κ1) is 24.1. The van der Waals surface area contributed by atoms with Gasteiger partial charge >= 0.3 is 6.18 Å². The molecule has 31 heavy (non-hydrogen) atoms. The van der Waals surface area contributed by atoms with Crippen LogP contribution in [0.15, 0.2) is 48.5 Å². The van der Waals surface area contributed by atoms with E-state index in [-0.39, 0.29) is 30.6 Å². The summed E-state index contributed by atoms with van der Waals surface area (Å²) in [7, 11) is 0. The van der Waals surface area contributed by atoms with E-state index in [2.05, 4.69) is 5.32 Å². The molecular formula is C20H19ClF3N3O4. The number of nitrogens with zero attached hydrogens (tertiary/aromatic N) is 2. The molecule has 2 amide bonds. The Hall–Kier alpha value is -3.14. The van der Waals surface area contributed by atoms with Gasteiger partial charge in [0.2, 0.25) is 5.91 Å². The molecular weight excluding hydrogens is 439 g/mol. The standard InChI is InChI=1S/C20H19ClF3N3O4/c21-16-9-7-14(8-10-16)19(29)25-11-3-6-18(28)26(13-20(22,23)24)12-15-4-1-2-5-17(15)27(30)31/h1-2,4-5,7-10H,3,6,11-13H2,(H,25,29). The predicted octanol–water partition coefficient (Wildman–Crippen LogP) is 4.35. The maximum atomic E-state index is 12.9. The van der Waals surface area contributed by atoms with Crippen LogP contribution in [0.5, 0.6) is 0 Å². The third-order valence-electron chi connectivity index (χ3n) is 4.23. The Labute approximate surface area is 180 Å². The van der Waals surface area contributed by atoms with Crippen LogP contribution in [0.4, 0.5) is 18.9 Å². The molecule has 2 aromatic carbocycles. The molecule has 0 bridgehead atoms. The van der Waals surface area contributed by atoms with Gasteiger partial charge in [0.05, 0.1) is 11.5 Å². The number of hydrogen-bond donors (Lipinski definition) is 1. The fourth-order valence-corrected chi connectivity index (χ4v) is 2.91. The molecule has 0 fully saturated rings. The van der Waals surface area contributed by atoms with Crippen molar-refractivity contribution < 1.29 is 27.7 Å². The van der Waals surface area contributed by atoms with Crippen LogP contribution in [0.1, 0.15) is 28.8 Å². The number of nitrogens with one attached hydrogen (secondary N) is 1. The quantitative estimate of drug-likeness (QED) is 0.344. The number of para-hydroxylation sites is 1. The molecule has 0 saturated carbocycles. The third kappa shape index (κ3) is 7.89. The van der Waals surface area contributed by atoms with Crippen molar-refractivity contribution in [3.05, 3.63) is 74.8 Å². The molecule has 0 aliphatic carbocycles. The summed E-state index contributed by atoms with van der Waals surface area (Å²) in [5.74, 6) is -1.23. The third-order valence-corrected chi connectivity index (χ3v) is 4.48. The van der Waals surface area contributed by atoms with Crippen LogP contribution < -0.4 is 5.32 Å². The molecule has 0 aromatic heterocycles. The van der Waals surface area contributed by atoms with Crippen molar-refractivity contribution in [1.82, 2.24) is 10.2 Å². The SMILES string of the molecule is O=C(NCCCC(=O)N(Cc1ccccc1[N+](=O)[O-])CC(F)(F)F)c1ccc(Cl)cc1. The molecule has 2 rings (SSSR count). The first-order valence-electron chi connectivity index (χ1n) is 9.17. The maximum Gasteiger partial charge on any atom is 0.406 e. The lowest BCUT2D eigenvalue weighted by molar-refractivity contribution is -0.385. The van der Waals surface area contributed by atoms with E-state index < -0.39 is 36.0 Å². The van der Waals surface area contributed by atoms with Gasteiger partial charge in [-0.3, -0.25) is 19.7 Å². The fraction of sp³-hybridized carbons (Fsp3) is 0.300. The Morgan fingerprint density at radius 3 is 2.35 bits per heavy atom. The van der Waals surface area contributed by atoms with Crippen molar-refractivity contribution in [3.63, 3.8) is 0 Å². The molecule has 0 heterocycles. The number of alkyl halides is 3. The molecule has 0 aliphatic heterocycles. The molecule has 166 valence electrons. The van der Waals surface area contributed by atoms with E-state index in [9.17, 15) is 32.9 Å². The minimum absolute atomic E-state index is 0.00106. The molecule has 0 spiro atoms. The van der Waals surface area contributed by atoms with Gasteiger partial charge in [-0.2, -0.15) is 13.2 Å². The summed E-state index contributed by atoms with van der Waals surface area (Å²) in [6.07, 6.45) is -4.83. The highest BCUT2D eigenvalue weighted by Crippen LogP contribution is 2.23. The first-order valence-corrected chi connectivity index (χ1v) is 9.55. The Morgan fingerprint density at radius 1 is 1.10 bits per heavy atom. The van der Waals surface area contributed by atoms with Gasteiger partial charge in [-0.25, -0.2) is 0 Å². The first-order chi connectivity index (χ1) is 14.6. The highest BCUT2D eigenvalue weighted by Gasteiger charge is 2.33. The van der Waals surface area contributed by atoms with Crippen molar-refractivity contribution in [2.24, 2.45) is 0 Å². The molecule has 1 N–H and O–H groups in total. The Morgan fingerprint density at radius 2 is 1.74 bits per heavy atom. The number of benzene rings is 2. The van der Waals surface area contributed by atoms with Gasteiger partial charge in [0.15, 0.2) is 0 Å². The number of nitro benzene ring substituents is 1. The summed E-state index contributed by atoms with van der Waals surface area (Å²) < 4.78 is 38.8. The lowest BCUT2D eigenvalue weighted by Crippen LogP contribution is -2.39. The Kier molecular flexibility index (Phi) is 8.38. The second-order valence-corrected chi connectivity index (χ2v) is 7.05. The number of amides is 2. The zero-order chi connectivity index (χ0) is 23.0. The molecule has 0 unspecified atom stereocenters. The zero-order valence-electron chi connectivity index (χ0n) is 16.2. The lowest BCUT2D eigenvalue weighted by Gasteiger charge is -2.24. The van der Waals surface area contributed by atoms with E-state index >= 15 is 0 Å². The van der Waals surface area contributed by atoms with Gasteiger partial charge in [-0.15, -0.1) is 0 Å². The monoisotopic (exact) mass is 457 g/mol. The Bertz CT molecular complexity index is 936. The van der Waals surface area contributed by atoms with Crippen molar-refractivity contribution >= 4 is 29.1 Å². The summed E-state index contributed by atoms with van der Waals surface area (Å²) in [5, 5.41) is 14.1. The average molecular weight is 458 g/mol. The van der Waals surface area contributed by atoms with Crippen LogP contribution in [0.25, 0.3) is 0 Å². The molecule has 0 aliphatic rings. The normalized spacial score (nSPS) is 11.1. The highest BCUT2D eigenvalue weighted by atomic mass is 35.5. The van der Waals surface area contributed by atoms with E-state index in [0.717, 1.165) is 6.07 Å². The predicted molar refractivity (Wildman–Crippen MR) is 108 cm³/mol. The van der Waals surface area contributed by atoms with Crippen LogP contribution in [0, 0.1) is 10.1 Å². The van der Waals surface area contributed by atoms with Crippen LogP contribution in [-0.4, -0.2) is 40.9 Å². The van der Waals surface area contributed by atoms with E-state index in [1.807, 2.05) is 0 Å². The molecule has 7 nitrogen and oxygen atoms in total. The van der Waals surface area contributed by atoms with E-state index in [1.165, 1.54) is 42.5 Å². The van der Waals surface area contributed by atoms with Gasteiger partial charge in [0, 0.05) is 35.2 Å². The van der Waals surface area contributed by atoms with Gasteiger partial charge < -0.3 is 10.2 Å². The number of carbonyl (C=O) groups is 2. The van der Waals surface area contributed by atoms with Crippen LogP contribution in [-0.2, 0) is 11.3 Å². The van der Waals surface area contributed by atoms with Crippen molar-refractivity contribution in [2.75, 3.05) is 13.1 Å². The van der Waals surface area contributed by atoms with Crippen LogP contribution in [0.2, 0.25) is 5.02 Å². The second-order valence-electron chi connectivity index (χ2n) is 6.62. The minimum Gasteiger partial charge on any atom is -0.352 e. The molecule has 0 saturated heterocycles. The van der Waals surface area contributed by atoms with Gasteiger partial charge in [-0.05, 0) is 30.7 Å². The van der Waals surface area contributed by atoms with Crippen LogP contribution in [0.3, 0.4) is 0 Å². The number of carbonyl (C=O) groups excluding carboxylic acids is 2. The maximum absolute atomic E-state index is 12.9. The van der Waals surface area contributed by atoms with E-state index in [1.54, 1.807) is 0 Å². The highest BCUT2D eigenvalue weighted by molar-refractivity contribution is 6.30. The summed E-state index contributed by atoms with van der Waals surface area (Å²) in [4.78, 5) is 35.3. The molecule has 0 atom stereocenters. The van der Waals surface area contributed by atoms with Crippen molar-refractivity contribution in [3.8, 4) is 0 Å². The smallest absolute Gasteiger partial charge is 0.352 e. The average Bonchev–Trinajstić information content (AvgIpc) is 2.70. The van der Waals surface area contributed by atoms with Crippen molar-refractivity contribution in [1.29, 1.82) is 0 Å².